The Balaban J connectivity index is 2.05. The number of ether oxygens (including phenoxy) is 2. The number of nitriles is 1. The van der Waals surface area contributed by atoms with Gasteiger partial charge in [0.15, 0.2) is 23.4 Å². The Morgan fingerprint density at radius 2 is 1.80 bits per heavy atom. The summed E-state index contributed by atoms with van der Waals surface area (Å²) in [5.41, 5.74) is 1.58. The quantitative estimate of drug-likeness (QED) is 0.817. The van der Waals surface area contributed by atoms with Crippen molar-refractivity contribution in [2.45, 2.75) is 20.0 Å². The molecule has 0 spiro atoms. The first-order valence-electron chi connectivity index (χ1n) is 7.61. The maximum Gasteiger partial charge on any atom is 0.265 e. The maximum absolute atomic E-state index is 12.3. The fraction of sp³-hybridized carbons (Fsp3) is 0.211. The third-order valence-corrected chi connectivity index (χ3v) is 3.52. The molecule has 1 atom stereocenters. The van der Waals surface area contributed by atoms with E-state index in [0.29, 0.717) is 28.3 Å². The lowest BCUT2D eigenvalue weighted by Crippen LogP contribution is -2.30. The molecule has 128 valence electrons. The summed E-state index contributed by atoms with van der Waals surface area (Å²) in [5.74, 6) is 0.366. The number of Topliss-reactive ketones (excluding diaryl/α,β-unsaturated/α-hetero) is 1. The molecule has 6 heteroatoms. The van der Waals surface area contributed by atoms with Crippen LogP contribution in [0.4, 0.5) is 5.69 Å². The van der Waals surface area contributed by atoms with Gasteiger partial charge >= 0.3 is 0 Å². The van der Waals surface area contributed by atoms with Crippen LogP contribution >= 0.6 is 0 Å². The molecule has 25 heavy (non-hydrogen) atoms. The summed E-state index contributed by atoms with van der Waals surface area (Å²) in [6, 6.07) is 13.3. The van der Waals surface area contributed by atoms with Crippen LogP contribution in [0.1, 0.15) is 29.8 Å². The number of hydrogen-bond donors (Lipinski definition) is 1. The fourth-order valence-electron chi connectivity index (χ4n) is 2.11. The van der Waals surface area contributed by atoms with Crippen molar-refractivity contribution in [1.82, 2.24) is 0 Å². The van der Waals surface area contributed by atoms with Crippen molar-refractivity contribution in [2.75, 3.05) is 12.4 Å². The Hall–Kier alpha value is -3.33. The Bertz CT molecular complexity index is 822. The molecule has 0 fully saturated rings. The summed E-state index contributed by atoms with van der Waals surface area (Å²) < 4.78 is 10.8. The minimum atomic E-state index is -0.783. The summed E-state index contributed by atoms with van der Waals surface area (Å²) in [4.78, 5) is 23.5. The van der Waals surface area contributed by atoms with Crippen LogP contribution in [0.25, 0.3) is 0 Å². The Kier molecular flexibility index (Phi) is 5.75. The van der Waals surface area contributed by atoms with Gasteiger partial charge in [-0.1, -0.05) is 0 Å². The topological polar surface area (TPSA) is 88.4 Å². The summed E-state index contributed by atoms with van der Waals surface area (Å²) in [7, 11) is 1.46. The van der Waals surface area contributed by atoms with E-state index >= 15 is 0 Å². The molecule has 2 rings (SSSR count). The van der Waals surface area contributed by atoms with E-state index in [2.05, 4.69) is 5.32 Å². The lowest BCUT2D eigenvalue weighted by Gasteiger charge is -2.17. The van der Waals surface area contributed by atoms with E-state index in [-0.39, 0.29) is 11.7 Å². The average Bonchev–Trinajstić information content (AvgIpc) is 2.62. The van der Waals surface area contributed by atoms with Gasteiger partial charge in [0.25, 0.3) is 5.91 Å². The van der Waals surface area contributed by atoms with Crippen molar-refractivity contribution in [3.05, 3.63) is 53.6 Å². The van der Waals surface area contributed by atoms with Gasteiger partial charge in [0.2, 0.25) is 0 Å². The van der Waals surface area contributed by atoms with E-state index in [1.54, 1.807) is 49.4 Å². The Morgan fingerprint density at radius 1 is 1.12 bits per heavy atom. The third kappa shape index (κ3) is 4.58. The van der Waals surface area contributed by atoms with Crippen molar-refractivity contribution in [3.8, 4) is 17.6 Å². The largest absolute Gasteiger partial charge is 0.493 e. The van der Waals surface area contributed by atoms with Gasteiger partial charge in [0, 0.05) is 17.3 Å². The van der Waals surface area contributed by atoms with Gasteiger partial charge in [0.1, 0.15) is 0 Å². The number of hydrogen-bond acceptors (Lipinski definition) is 5. The zero-order valence-corrected chi connectivity index (χ0v) is 14.2. The molecule has 6 nitrogen and oxygen atoms in total. The fourth-order valence-corrected chi connectivity index (χ4v) is 2.11. The predicted octanol–water partition coefficient (Wildman–Crippen LogP) is 3.18. The van der Waals surface area contributed by atoms with Crippen LogP contribution < -0.4 is 14.8 Å². The number of amides is 1. The molecule has 0 aliphatic rings. The molecule has 0 aliphatic heterocycles. The highest BCUT2D eigenvalue weighted by Gasteiger charge is 2.17. The molecular weight excluding hydrogens is 320 g/mol. The second kappa shape index (κ2) is 7.97. The van der Waals surface area contributed by atoms with E-state index in [4.69, 9.17) is 14.7 Å². The first-order chi connectivity index (χ1) is 11.9. The van der Waals surface area contributed by atoms with Gasteiger partial charge < -0.3 is 14.8 Å². The van der Waals surface area contributed by atoms with Crippen LogP contribution in [0.2, 0.25) is 0 Å². The standard InChI is InChI=1S/C19H18N2O4/c1-12(22)15-5-7-16(8-6-15)21-19(23)13(2)25-17-9-4-14(11-20)10-18(17)24-3/h4-10,13H,1-3H3,(H,21,23)/t13-/m0/s1. The normalized spacial score (nSPS) is 11.1. The summed E-state index contributed by atoms with van der Waals surface area (Å²) in [6.07, 6.45) is -0.783. The summed E-state index contributed by atoms with van der Waals surface area (Å²) >= 11 is 0. The zero-order valence-electron chi connectivity index (χ0n) is 14.2. The highest BCUT2D eigenvalue weighted by molar-refractivity contribution is 5.96. The zero-order chi connectivity index (χ0) is 18.4. The van der Waals surface area contributed by atoms with Crippen molar-refractivity contribution in [3.63, 3.8) is 0 Å². The molecular formula is C19H18N2O4. The third-order valence-electron chi connectivity index (χ3n) is 3.52. The Labute approximate surface area is 146 Å². The lowest BCUT2D eigenvalue weighted by atomic mass is 10.1. The molecule has 0 aliphatic carbocycles. The van der Waals surface area contributed by atoms with E-state index < -0.39 is 6.10 Å². The minimum Gasteiger partial charge on any atom is -0.493 e. The highest BCUT2D eigenvalue weighted by atomic mass is 16.5. The molecule has 1 amide bonds. The van der Waals surface area contributed by atoms with Crippen LogP contribution in [0.3, 0.4) is 0 Å². The smallest absolute Gasteiger partial charge is 0.265 e. The van der Waals surface area contributed by atoms with Crippen molar-refractivity contribution in [1.29, 1.82) is 5.26 Å². The van der Waals surface area contributed by atoms with Crippen LogP contribution in [0.5, 0.6) is 11.5 Å². The first-order valence-corrected chi connectivity index (χ1v) is 7.61. The molecule has 0 saturated carbocycles. The van der Waals surface area contributed by atoms with Crippen LogP contribution in [-0.2, 0) is 4.79 Å². The number of rotatable bonds is 6. The van der Waals surface area contributed by atoms with E-state index in [1.807, 2.05) is 6.07 Å². The summed E-state index contributed by atoms with van der Waals surface area (Å²) in [6.45, 7) is 3.09. The number of benzene rings is 2. The molecule has 0 unspecified atom stereocenters. The number of nitrogens with one attached hydrogen (secondary N) is 1. The van der Waals surface area contributed by atoms with Gasteiger partial charge in [-0.25, -0.2) is 0 Å². The summed E-state index contributed by atoms with van der Waals surface area (Å²) in [5, 5.41) is 11.6. The molecule has 0 heterocycles. The Morgan fingerprint density at radius 3 is 2.36 bits per heavy atom. The van der Waals surface area contributed by atoms with Crippen LogP contribution in [0, 0.1) is 11.3 Å². The first kappa shape index (κ1) is 18.0. The molecule has 0 saturated heterocycles. The van der Waals surface area contributed by atoms with Gasteiger partial charge in [-0.15, -0.1) is 0 Å². The van der Waals surface area contributed by atoms with Gasteiger partial charge in [0.05, 0.1) is 18.7 Å². The number of methoxy groups -OCH3 is 1. The van der Waals surface area contributed by atoms with E-state index in [0.717, 1.165) is 0 Å². The average molecular weight is 338 g/mol. The van der Waals surface area contributed by atoms with E-state index in [9.17, 15) is 9.59 Å². The van der Waals surface area contributed by atoms with Crippen molar-refractivity contribution in [2.24, 2.45) is 0 Å². The second-order valence-corrected chi connectivity index (χ2v) is 5.36. The predicted molar refractivity (Wildman–Crippen MR) is 92.9 cm³/mol. The molecule has 2 aromatic rings. The minimum absolute atomic E-state index is 0.0394. The SMILES string of the molecule is COc1cc(C#N)ccc1O[C@@H](C)C(=O)Nc1ccc(C(C)=O)cc1. The van der Waals surface area contributed by atoms with E-state index in [1.165, 1.54) is 14.0 Å². The second-order valence-electron chi connectivity index (χ2n) is 5.36. The molecule has 0 radical (unpaired) electrons. The maximum atomic E-state index is 12.3. The highest BCUT2D eigenvalue weighted by Crippen LogP contribution is 2.28. The van der Waals surface area contributed by atoms with Gasteiger partial charge in [-0.2, -0.15) is 5.26 Å². The van der Waals surface area contributed by atoms with Crippen LogP contribution in [0.15, 0.2) is 42.5 Å². The molecule has 0 aromatic heterocycles. The molecule has 1 N–H and O–H groups in total. The number of carbonyl (C=O) groups excluding carboxylic acids is 2. The molecule has 0 bridgehead atoms. The van der Waals surface area contributed by atoms with Crippen molar-refractivity contribution >= 4 is 17.4 Å². The number of ketones is 1. The monoisotopic (exact) mass is 338 g/mol. The van der Waals surface area contributed by atoms with Crippen molar-refractivity contribution < 1.29 is 19.1 Å². The number of nitrogens with zero attached hydrogens (tertiary/aromatic N) is 1. The lowest BCUT2D eigenvalue weighted by molar-refractivity contribution is -0.122. The number of carbonyl (C=O) groups is 2. The number of anilines is 1. The van der Waals surface area contributed by atoms with Gasteiger partial charge in [-0.05, 0) is 50.2 Å². The molecule has 2 aromatic carbocycles. The van der Waals surface area contributed by atoms with Crippen LogP contribution in [-0.4, -0.2) is 24.9 Å². The van der Waals surface area contributed by atoms with Gasteiger partial charge in [-0.3, -0.25) is 9.59 Å².